The summed E-state index contributed by atoms with van der Waals surface area (Å²) < 4.78 is 27.1. The molecule has 2 aromatic carbocycles. The fourth-order valence-corrected chi connectivity index (χ4v) is 2.92. The monoisotopic (exact) mass is 332 g/mol. The molecule has 23 heavy (non-hydrogen) atoms. The van der Waals surface area contributed by atoms with Gasteiger partial charge in [-0.1, -0.05) is 42.5 Å². The van der Waals surface area contributed by atoms with Crippen LogP contribution in [0.2, 0.25) is 0 Å². The minimum absolute atomic E-state index is 0.0972. The summed E-state index contributed by atoms with van der Waals surface area (Å²) in [5.41, 5.74) is 2.84. The molecule has 6 nitrogen and oxygen atoms in total. The molecule has 0 saturated heterocycles. The highest BCUT2D eigenvalue weighted by Gasteiger charge is 2.13. The van der Waals surface area contributed by atoms with Crippen molar-refractivity contribution in [3.8, 4) is 0 Å². The summed E-state index contributed by atoms with van der Waals surface area (Å²) in [7, 11) is -3.66. The highest BCUT2D eigenvalue weighted by atomic mass is 32.2. The van der Waals surface area contributed by atoms with Gasteiger partial charge >= 0.3 is 0 Å². The minimum Gasteiger partial charge on any atom is -0.288 e. The first-order chi connectivity index (χ1) is 11.0. The molecule has 2 aromatic rings. The molecule has 0 aromatic heterocycles. The molecule has 0 aliphatic rings. The quantitative estimate of drug-likeness (QED) is 0.426. The Hall–Kier alpha value is -2.48. The highest BCUT2D eigenvalue weighted by Crippen LogP contribution is 2.13. The van der Waals surface area contributed by atoms with Crippen LogP contribution in [0.4, 0.5) is 0 Å². The van der Waals surface area contributed by atoms with Gasteiger partial charge in [-0.05, 0) is 29.3 Å². The van der Waals surface area contributed by atoms with Gasteiger partial charge in [0, 0.05) is 12.6 Å². The first-order valence-corrected chi connectivity index (χ1v) is 8.25. The predicted molar refractivity (Wildman–Crippen MR) is 85.9 cm³/mol. The van der Waals surface area contributed by atoms with Crippen molar-refractivity contribution in [3.63, 3.8) is 0 Å². The molecule has 0 aliphatic carbocycles. The molecule has 7 heteroatoms. The summed E-state index contributed by atoms with van der Waals surface area (Å²) in [6.45, 7) is 0.191. The Morgan fingerprint density at radius 2 is 1.83 bits per heavy atom. The lowest BCUT2D eigenvalue weighted by Crippen LogP contribution is -2.23. The van der Waals surface area contributed by atoms with E-state index in [4.69, 9.17) is 5.21 Å². The Kier molecular flexibility index (Phi) is 5.64. The second kappa shape index (κ2) is 7.68. The van der Waals surface area contributed by atoms with E-state index in [-0.39, 0.29) is 11.4 Å². The van der Waals surface area contributed by atoms with Crippen LogP contribution in [0.3, 0.4) is 0 Å². The zero-order valence-corrected chi connectivity index (χ0v) is 13.0. The van der Waals surface area contributed by atoms with Gasteiger partial charge in [0.2, 0.25) is 10.0 Å². The summed E-state index contributed by atoms with van der Waals surface area (Å²) in [6.07, 6.45) is 2.50. The molecule has 0 saturated carbocycles. The van der Waals surface area contributed by atoms with Crippen molar-refractivity contribution < 1.29 is 18.4 Å². The number of hydroxylamine groups is 1. The normalized spacial score (nSPS) is 11.5. The molecule has 0 heterocycles. The van der Waals surface area contributed by atoms with Gasteiger partial charge in [0.15, 0.2) is 0 Å². The number of carbonyl (C=O) groups excluding carboxylic acids is 1. The third-order valence-corrected chi connectivity index (χ3v) is 4.41. The van der Waals surface area contributed by atoms with Gasteiger partial charge in [-0.2, -0.15) is 0 Å². The van der Waals surface area contributed by atoms with Gasteiger partial charge in [-0.3, -0.25) is 10.0 Å². The van der Waals surface area contributed by atoms with E-state index in [1.165, 1.54) is 23.7 Å². The first-order valence-electron chi connectivity index (χ1n) is 6.77. The minimum atomic E-state index is -3.66. The molecular formula is C16H16N2O4S. The van der Waals surface area contributed by atoms with Gasteiger partial charge in [0.25, 0.3) is 5.91 Å². The van der Waals surface area contributed by atoms with Crippen LogP contribution in [0.5, 0.6) is 0 Å². The van der Waals surface area contributed by atoms with Crippen LogP contribution in [-0.4, -0.2) is 19.5 Å². The number of hydrogen-bond acceptors (Lipinski definition) is 4. The largest absolute Gasteiger partial charge is 0.288 e. The summed E-state index contributed by atoms with van der Waals surface area (Å²) in [4.78, 5) is 11.0. The molecule has 0 bridgehead atoms. The SMILES string of the molecule is O=C(C=Cc1cccc(S(=O)(=O)NCc2ccccc2)c1)NO. The van der Waals surface area contributed by atoms with Crippen molar-refractivity contribution in [1.82, 2.24) is 10.2 Å². The molecule has 0 fully saturated rings. The van der Waals surface area contributed by atoms with E-state index in [1.807, 2.05) is 30.3 Å². The Morgan fingerprint density at radius 3 is 2.52 bits per heavy atom. The zero-order chi connectivity index (χ0) is 16.7. The number of carbonyl (C=O) groups is 1. The maximum atomic E-state index is 12.3. The molecule has 0 radical (unpaired) electrons. The van der Waals surface area contributed by atoms with Crippen LogP contribution in [0, 0.1) is 0 Å². The highest BCUT2D eigenvalue weighted by molar-refractivity contribution is 7.89. The number of sulfonamides is 1. The third-order valence-electron chi connectivity index (χ3n) is 3.01. The van der Waals surface area contributed by atoms with Crippen LogP contribution >= 0.6 is 0 Å². The number of rotatable bonds is 6. The number of nitrogens with one attached hydrogen (secondary N) is 2. The van der Waals surface area contributed by atoms with Crippen molar-refractivity contribution >= 4 is 22.0 Å². The summed E-state index contributed by atoms with van der Waals surface area (Å²) >= 11 is 0. The molecule has 2 rings (SSSR count). The van der Waals surface area contributed by atoms with E-state index in [1.54, 1.807) is 12.1 Å². The van der Waals surface area contributed by atoms with Crippen molar-refractivity contribution in [2.24, 2.45) is 0 Å². The van der Waals surface area contributed by atoms with Gasteiger partial charge < -0.3 is 0 Å². The Balaban J connectivity index is 2.13. The molecular weight excluding hydrogens is 316 g/mol. The lowest BCUT2D eigenvalue weighted by Gasteiger charge is -2.07. The summed E-state index contributed by atoms with van der Waals surface area (Å²) in [5.74, 6) is -0.694. The number of amides is 1. The second-order valence-corrected chi connectivity index (χ2v) is 6.46. The van der Waals surface area contributed by atoms with Crippen LogP contribution in [-0.2, 0) is 21.4 Å². The molecule has 0 aliphatic heterocycles. The first kappa shape index (κ1) is 16.9. The van der Waals surface area contributed by atoms with E-state index in [9.17, 15) is 13.2 Å². The molecule has 120 valence electrons. The topological polar surface area (TPSA) is 95.5 Å². The maximum absolute atomic E-state index is 12.3. The lowest BCUT2D eigenvalue weighted by molar-refractivity contribution is -0.124. The molecule has 1 amide bonds. The molecule has 0 spiro atoms. The van der Waals surface area contributed by atoms with E-state index < -0.39 is 15.9 Å². The number of hydrogen-bond donors (Lipinski definition) is 3. The van der Waals surface area contributed by atoms with E-state index in [0.717, 1.165) is 11.6 Å². The van der Waals surface area contributed by atoms with E-state index >= 15 is 0 Å². The van der Waals surface area contributed by atoms with Crippen molar-refractivity contribution in [2.75, 3.05) is 0 Å². The van der Waals surface area contributed by atoms with E-state index in [2.05, 4.69) is 4.72 Å². The van der Waals surface area contributed by atoms with Crippen molar-refractivity contribution in [1.29, 1.82) is 0 Å². The van der Waals surface area contributed by atoms with E-state index in [0.29, 0.717) is 5.56 Å². The molecule has 0 atom stereocenters. The maximum Gasteiger partial charge on any atom is 0.267 e. The Bertz CT molecular complexity index is 802. The van der Waals surface area contributed by atoms with Crippen LogP contribution < -0.4 is 10.2 Å². The average molecular weight is 332 g/mol. The zero-order valence-electron chi connectivity index (χ0n) is 12.1. The van der Waals surface area contributed by atoms with Gasteiger partial charge in [0.1, 0.15) is 0 Å². The second-order valence-electron chi connectivity index (χ2n) is 4.69. The fraction of sp³-hybridized carbons (Fsp3) is 0.0625. The van der Waals surface area contributed by atoms with Crippen LogP contribution in [0.25, 0.3) is 6.08 Å². The summed E-state index contributed by atoms with van der Waals surface area (Å²) in [6, 6.07) is 15.3. The van der Waals surface area contributed by atoms with Gasteiger partial charge in [-0.15, -0.1) is 0 Å². The molecule has 3 N–H and O–H groups in total. The predicted octanol–water partition coefficient (Wildman–Crippen LogP) is 1.68. The fourth-order valence-electron chi connectivity index (χ4n) is 1.85. The van der Waals surface area contributed by atoms with Gasteiger partial charge in [-0.25, -0.2) is 18.6 Å². The van der Waals surface area contributed by atoms with Crippen LogP contribution in [0.15, 0.2) is 65.6 Å². The van der Waals surface area contributed by atoms with Crippen LogP contribution in [0.1, 0.15) is 11.1 Å². The van der Waals surface area contributed by atoms with Crippen molar-refractivity contribution in [3.05, 3.63) is 71.8 Å². The molecule has 0 unspecified atom stereocenters. The van der Waals surface area contributed by atoms with Gasteiger partial charge in [0.05, 0.1) is 4.90 Å². The summed E-state index contributed by atoms with van der Waals surface area (Å²) in [5, 5.41) is 8.42. The smallest absolute Gasteiger partial charge is 0.267 e. The third kappa shape index (κ3) is 5.03. The number of benzene rings is 2. The lowest BCUT2D eigenvalue weighted by atomic mass is 10.2. The van der Waals surface area contributed by atoms with Crippen molar-refractivity contribution in [2.45, 2.75) is 11.4 Å². The Morgan fingerprint density at radius 1 is 1.09 bits per heavy atom. The Labute approximate surface area is 134 Å². The average Bonchev–Trinajstić information content (AvgIpc) is 2.59. The standard InChI is InChI=1S/C16H16N2O4S/c19-16(18-20)10-9-13-7-4-8-15(11-13)23(21,22)17-12-14-5-2-1-3-6-14/h1-11,17,20H,12H2,(H,18,19).